The number of esters is 1. The highest BCUT2D eigenvalue weighted by Crippen LogP contribution is 2.29. The van der Waals surface area contributed by atoms with Crippen LogP contribution in [0, 0.1) is 0 Å². The molecule has 0 radical (unpaired) electrons. The highest BCUT2D eigenvalue weighted by Gasteiger charge is 2.30. The third kappa shape index (κ3) is 7.32. The topological polar surface area (TPSA) is 65.0 Å². The molecule has 0 heterocycles. The summed E-state index contributed by atoms with van der Waals surface area (Å²) < 4.78 is 55.0. The van der Waals surface area contributed by atoms with Crippen molar-refractivity contribution in [1.29, 1.82) is 0 Å². The van der Waals surface area contributed by atoms with Gasteiger partial charge in [-0.1, -0.05) is 30.3 Å². The van der Waals surface area contributed by atoms with Crippen molar-refractivity contribution in [3.63, 3.8) is 0 Å². The van der Waals surface area contributed by atoms with Crippen molar-refractivity contribution in [2.75, 3.05) is 13.2 Å². The number of alkyl halides is 3. The predicted molar refractivity (Wildman–Crippen MR) is 111 cm³/mol. The Bertz CT molecular complexity index is 839. The number of benzene rings is 2. The van der Waals surface area contributed by atoms with Crippen molar-refractivity contribution in [1.82, 2.24) is 0 Å². The number of aliphatic hydroxyl groups excluding tert-OH is 1. The van der Waals surface area contributed by atoms with E-state index in [4.69, 9.17) is 14.2 Å². The third-order valence-electron chi connectivity index (χ3n) is 5.35. The van der Waals surface area contributed by atoms with E-state index >= 15 is 0 Å². The van der Waals surface area contributed by atoms with Gasteiger partial charge in [0, 0.05) is 6.42 Å². The second-order valence-electron chi connectivity index (χ2n) is 7.83. The Morgan fingerprint density at radius 1 is 1.03 bits per heavy atom. The molecule has 174 valence electrons. The van der Waals surface area contributed by atoms with Crippen LogP contribution in [0.5, 0.6) is 0 Å². The molecule has 1 aliphatic carbocycles. The summed E-state index contributed by atoms with van der Waals surface area (Å²) >= 11 is 0. The van der Waals surface area contributed by atoms with Crippen LogP contribution in [0.15, 0.2) is 54.6 Å². The van der Waals surface area contributed by atoms with Crippen molar-refractivity contribution in [2.45, 2.75) is 56.8 Å². The summed E-state index contributed by atoms with van der Waals surface area (Å²) in [6.45, 7) is -0.0738. The van der Waals surface area contributed by atoms with Crippen LogP contribution in [0.2, 0.25) is 0 Å². The fraction of sp³-hybridized carbons (Fsp3) is 0.458. The summed E-state index contributed by atoms with van der Waals surface area (Å²) in [5.41, 5.74) is 0.359. The lowest BCUT2D eigenvalue weighted by molar-refractivity contribution is -0.137. The van der Waals surface area contributed by atoms with Crippen LogP contribution in [-0.2, 0) is 27.0 Å². The third-order valence-corrected chi connectivity index (χ3v) is 5.35. The van der Waals surface area contributed by atoms with Crippen molar-refractivity contribution >= 4 is 5.97 Å². The molecule has 0 spiro atoms. The maximum Gasteiger partial charge on any atom is 0.416 e. The van der Waals surface area contributed by atoms with Gasteiger partial charge in [-0.05, 0) is 49.1 Å². The van der Waals surface area contributed by atoms with Crippen LogP contribution in [-0.4, -0.2) is 42.6 Å². The minimum Gasteiger partial charge on any atom is -0.459 e. The summed E-state index contributed by atoms with van der Waals surface area (Å²) in [6.07, 6.45) is -2.34. The zero-order valence-electron chi connectivity index (χ0n) is 17.6. The Morgan fingerprint density at radius 2 is 1.72 bits per heavy atom. The normalized spacial score (nSPS) is 20.0. The van der Waals surface area contributed by atoms with E-state index in [1.165, 1.54) is 12.1 Å². The molecule has 0 bridgehead atoms. The zero-order valence-corrected chi connectivity index (χ0v) is 17.6. The summed E-state index contributed by atoms with van der Waals surface area (Å²) in [5.74, 6) is -0.357. The summed E-state index contributed by atoms with van der Waals surface area (Å²) in [4.78, 5) is 12.2. The molecule has 1 unspecified atom stereocenters. The van der Waals surface area contributed by atoms with Crippen LogP contribution in [0.3, 0.4) is 0 Å². The number of carbonyl (C=O) groups is 1. The van der Waals surface area contributed by atoms with Gasteiger partial charge in [0.2, 0.25) is 0 Å². The Hall–Kier alpha value is -2.42. The van der Waals surface area contributed by atoms with Gasteiger partial charge in [-0.2, -0.15) is 13.2 Å². The van der Waals surface area contributed by atoms with Crippen molar-refractivity contribution in [3.8, 4) is 0 Å². The van der Waals surface area contributed by atoms with E-state index < -0.39 is 17.8 Å². The van der Waals surface area contributed by atoms with Crippen molar-refractivity contribution < 1.29 is 37.3 Å². The molecular formula is C24H27F3O5. The number of ether oxygens (including phenoxy) is 3. The van der Waals surface area contributed by atoms with Gasteiger partial charge in [-0.25, -0.2) is 4.79 Å². The number of carbonyl (C=O) groups excluding carboxylic acids is 1. The van der Waals surface area contributed by atoms with Crippen LogP contribution in [0.1, 0.15) is 47.2 Å². The Labute approximate surface area is 185 Å². The molecule has 2 aromatic rings. The predicted octanol–water partition coefficient (Wildman–Crippen LogP) is 4.77. The minimum atomic E-state index is -4.38. The molecule has 32 heavy (non-hydrogen) atoms. The van der Waals surface area contributed by atoms with Gasteiger partial charge in [-0.3, -0.25) is 0 Å². The largest absolute Gasteiger partial charge is 0.459 e. The van der Waals surface area contributed by atoms with Crippen molar-refractivity contribution in [3.05, 3.63) is 71.3 Å². The maximum atomic E-state index is 12.6. The molecular weight excluding hydrogens is 425 g/mol. The van der Waals surface area contributed by atoms with Crippen LogP contribution >= 0.6 is 0 Å². The lowest BCUT2D eigenvalue weighted by atomic mass is 9.94. The number of hydrogen-bond acceptors (Lipinski definition) is 5. The first-order valence-corrected chi connectivity index (χ1v) is 10.6. The van der Waals surface area contributed by atoms with Gasteiger partial charge in [0.1, 0.15) is 12.2 Å². The Balaban J connectivity index is 1.42. The molecule has 5 nitrogen and oxygen atoms in total. The number of hydrogen-bond donors (Lipinski definition) is 1. The second-order valence-corrected chi connectivity index (χ2v) is 7.83. The number of rotatable bonds is 9. The van der Waals surface area contributed by atoms with E-state index in [9.17, 15) is 23.1 Å². The maximum absolute atomic E-state index is 12.6. The zero-order chi connectivity index (χ0) is 23.0. The fourth-order valence-electron chi connectivity index (χ4n) is 3.56. The van der Waals surface area contributed by atoms with E-state index in [0.29, 0.717) is 17.5 Å². The molecule has 0 saturated heterocycles. The minimum absolute atomic E-state index is 0.0642. The molecule has 0 amide bonds. The molecule has 3 atom stereocenters. The van der Waals surface area contributed by atoms with E-state index in [1.54, 1.807) is 24.3 Å². The van der Waals surface area contributed by atoms with Gasteiger partial charge in [-0.15, -0.1) is 0 Å². The van der Waals surface area contributed by atoms with Crippen LogP contribution in [0.25, 0.3) is 0 Å². The fourth-order valence-corrected chi connectivity index (χ4v) is 3.56. The first-order chi connectivity index (χ1) is 15.3. The second kappa shape index (κ2) is 11.4. The molecule has 1 saturated carbocycles. The lowest BCUT2D eigenvalue weighted by Crippen LogP contribution is -2.33. The molecule has 1 N–H and O–H groups in total. The Kier molecular flexibility index (Phi) is 8.67. The quantitative estimate of drug-likeness (QED) is 0.556. The Morgan fingerprint density at radius 3 is 2.38 bits per heavy atom. The SMILES string of the molecule is O=C(O[C@H]1CCC[C@@H](OCC(CO)OCc2ccc(C(F)(F)F)cc2)C1)c1ccccc1. The molecule has 0 aliphatic heterocycles. The molecule has 0 aromatic heterocycles. The summed E-state index contributed by atoms with van der Waals surface area (Å²) in [6, 6.07) is 13.5. The van der Waals surface area contributed by atoms with E-state index in [1.807, 2.05) is 6.07 Å². The van der Waals surface area contributed by atoms with Crippen LogP contribution in [0.4, 0.5) is 13.2 Å². The summed E-state index contributed by atoms with van der Waals surface area (Å²) in [5, 5.41) is 9.56. The number of aliphatic hydroxyl groups is 1. The molecule has 3 rings (SSSR count). The van der Waals surface area contributed by atoms with Gasteiger partial charge in [0.25, 0.3) is 0 Å². The smallest absolute Gasteiger partial charge is 0.416 e. The average molecular weight is 452 g/mol. The average Bonchev–Trinajstić information content (AvgIpc) is 2.80. The highest BCUT2D eigenvalue weighted by molar-refractivity contribution is 5.89. The highest BCUT2D eigenvalue weighted by atomic mass is 19.4. The molecule has 2 aromatic carbocycles. The monoisotopic (exact) mass is 452 g/mol. The number of halogens is 3. The molecule has 8 heteroatoms. The molecule has 1 fully saturated rings. The van der Waals surface area contributed by atoms with E-state index in [2.05, 4.69) is 0 Å². The standard InChI is InChI=1S/C24H27F3O5/c25-24(26,27)19-11-9-17(10-12-19)15-30-22(14-28)16-31-20-7-4-8-21(13-20)32-23(29)18-5-2-1-3-6-18/h1-3,5-6,9-12,20-22,28H,4,7-8,13-16H2/t20-,21+,22?/m1/s1. The van der Waals surface area contributed by atoms with Gasteiger partial charge in [0.05, 0.1) is 37.1 Å². The van der Waals surface area contributed by atoms with E-state index in [0.717, 1.165) is 31.4 Å². The van der Waals surface area contributed by atoms with Crippen LogP contribution < -0.4 is 0 Å². The molecule has 1 aliphatic rings. The van der Waals surface area contributed by atoms with Gasteiger partial charge >= 0.3 is 12.1 Å². The van der Waals surface area contributed by atoms with Gasteiger partial charge in [0.15, 0.2) is 0 Å². The van der Waals surface area contributed by atoms with Crippen molar-refractivity contribution in [2.24, 2.45) is 0 Å². The van der Waals surface area contributed by atoms with E-state index in [-0.39, 0.29) is 38.0 Å². The van der Waals surface area contributed by atoms with Gasteiger partial charge < -0.3 is 19.3 Å². The summed E-state index contributed by atoms with van der Waals surface area (Å²) in [7, 11) is 0. The lowest BCUT2D eigenvalue weighted by Gasteiger charge is -2.30. The first-order valence-electron chi connectivity index (χ1n) is 10.6. The first kappa shape index (κ1) is 24.2.